The maximum Gasteiger partial charge on any atom is 0.272 e. The van der Waals surface area contributed by atoms with Gasteiger partial charge in [0.25, 0.3) is 5.91 Å². The molecule has 9 nitrogen and oxygen atoms in total. The lowest BCUT2D eigenvalue weighted by molar-refractivity contribution is -0.122. The van der Waals surface area contributed by atoms with Gasteiger partial charge in [-0.3, -0.25) is 19.2 Å². The summed E-state index contributed by atoms with van der Waals surface area (Å²) in [5.41, 5.74) is 1.97. The third-order valence-corrected chi connectivity index (χ3v) is 9.67. The van der Waals surface area contributed by atoms with Crippen LogP contribution in [-0.4, -0.2) is 71.4 Å². The van der Waals surface area contributed by atoms with Gasteiger partial charge in [0, 0.05) is 37.1 Å². The van der Waals surface area contributed by atoms with Gasteiger partial charge in [-0.25, -0.2) is 0 Å². The monoisotopic (exact) mass is 615 g/mol. The zero-order chi connectivity index (χ0) is 29.6. The van der Waals surface area contributed by atoms with Crippen LogP contribution in [0.25, 0.3) is 11.3 Å². The van der Waals surface area contributed by atoms with Crippen LogP contribution in [0.3, 0.4) is 0 Å². The van der Waals surface area contributed by atoms with Gasteiger partial charge in [0.15, 0.2) is 5.69 Å². The summed E-state index contributed by atoms with van der Waals surface area (Å²) in [6, 6.07) is 8.79. The number of benzene rings is 1. The Morgan fingerprint density at radius 3 is 2.16 bits per heavy atom. The highest BCUT2D eigenvalue weighted by Gasteiger charge is 2.30. The average Bonchev–Trinajstić information content (AvgIpc) is 3.64. The van der Waals surface area contributed by atoms with Crippen molar-refractivity contribution in [1.29, 1.82) is 0 Å². The molecule has 3 fully saturated rings. The van der Waals surface area contributed by atoms with Crippen molar-refractivity contribution in [2.75, 3.05) is 20.8 Å². The van der Waals surface area contributed by atoms with Crippen LogP contribution in [0.1, 0.15) is 107 Å². The number of hydrogen-bond donors (Lipinski definition) is 2. The smallest absolute Gasteiger partial charge is 0.272 e. The molecule has 2 heterocycles. The first-order valence-corrected chi connectivity index (χ1v) is 16.0. The molecule has 238 valence electrons. The van der Waals surface area contributed by atoms with E-state index in [1.165, 1.54) is 25.7 Å². The Hall–Kier alpha value is -2.78. The summed E-state index contributed by atoms with van der Waals surface area (Å²) < 4.78 is 13.4. The largest absolute Gasteiger partial charge is 0.496 e. The number of carbonyl (C=O) groups excluding carboxylic acids is 2. The van der Waals surface area contributed by atoms with Gasteiger partial charge >= 0.3 is 0 Å². The Morgan fingerprint density at radius 1 is 0.953 bits per heavy atom. The summed E-state index contributed by atoms with van der Waals surface area (Å²) >= 11 is 0. The van der Waals surface area contributed by atoms with Crippen LogP contribution in [0.15, 0.2) is 24.3 Å². The predicted molar refractivity (Wildman–Crippen MR) is 171 cm³/mol. The lowest BCUT2D eigenvalue weighted by Crippen LogP contribution is -2.48. The van der Waals surface area contributed by atoms with Crippen molar-refractivity contribution in [3.8, 4) is 22.8 Å². The van der Waals surface area contributed by atoms with Crippen LogP contribution in [0, 0.1) is 0 Å². The van der Waals surface area contributed by atoms with E-state index in [0.717, 1.165) is 62.7 Å². The molecule has 3 atom stereocenters. The third-order valence-electron chi connectivity index (χ3n) is 9.67. The summed E-state index contributed by atoms with van der Waals surface area (Å²) in [5.74, 6) is 1.12. The average molecular weight is 616 g/mol. The van der Waals surface area contributed by atoms with Gasteiger partial charge in [0.05, 0.1) is 31.5 Å². The molecule has 2 saturated carbocycles. The molecule has 2 aliphatic carbocycles. The highest BCUT2D eigenvalue weighted by molar-refractivity contribution is 5.94. The minimum Gasteiger partial charge on any atom is -0.496 e. The van der Waals surface area contributed by atoms with Crippen molar-refractivity contribution in [3.63, 3.8) is 0 Å². The van der Waals surface area contributed by atoms with Crippen LogP contribution in [0.2, 0.25) is 0 Å². The summed E-state index contributed by atoms with van der Waals surface area (Å²) in [6.07, 6.45) is 12.2. The van der Waals surface area contributed by atoms with E-state index in [1.807, 2.05) is 28.9 Å². The number of likely N-dealkylation sites (tertiary alicyclic amines) is 1. The van der Waals surface area contributed by atoms with Crippen LogP contribution >= 0.6 is 12.4 Å². The number of halogens is 1. The zero-order valence-corrected chi connectivity index (χ0v) is 27.1. The van der Waals surface area contributed by atoms with Crippen molar-refractivity contribution in [3.05, 3.63) is 30.0 Å². The van der Waals surface area contributed by atoms with E-state index in [2.05, 4.69) is 29.4 Å². The van der Waals surface area contributed by atoms with E-state index in [4.69, 9.17) is 14.6 Å². The number of methoxy groups -OCH3 is 2. The van der Waals surface area contributed by atoms with E-state index in [-0.39, 0.29) is 48.8 Å². The molecule has 2 unspecified atom stereocenters. The third kappa shape index (κ3) is 7.85. The number of piperidine rings is 1. The number of nitrogens with zero attached hydrogens (tertiary/aromatic N) is 3. The first-order valence-electron chi connectivity index (χ1n) is 16.0. The van der Waals surface area contributed by atoms with E-state index in [1.54, 1.807) is 14.2 Å². The molecule has 43 heavy (non-hydrogen) atoms. The highest BCUT2D eigenvalue weighted by Crippen LogP contribution is 2.41. The maximum absolute atomic E-state index is 13.8. The molecular formula is C33H50ClN5O4. The lowest BCUT2D eigenvalue weighted by atomic mass is 9.93. The van der Waals surface area contributed by atoms with E-state index in [9.17, 15) is 9.59 Å². The Morgan fingerprint density at radius 2 is 1.58 bits per heavy atom. The highest BCUT2D eigenvalue weighted by atomic mass is 35.5. The molecule has 0 bridgehead atoms. The first kappa shape index (κ1) is 33.1. The molecule has 1 aliphatic heterocycles. The summed E-state index contributed by atoms with van der Waals surface area (Å²) in [5, 5.41) is 11.3. The Kier molecular flexibility index (Phi) is 11.8. The van der Waals surface area contributed by atoms with Crippen LogP contribution in [0.4, 0.5) is 0 Å². The number of nitrogens with one attached hydrogen (secondary N) is 2. The second kappa shape index (κ2) is 15.3. The Bertz CT molecular complexity index is 1190. The molecule has 10 heteroatoms. The van der Waals surface area contributed by atoms with Crippen LogP contribution in [-0.2, 0) is 4.79 Å². The van der Waals surface area contributed by atoms with E-state index < -0.39 is 0 Å². The molecule has 0 spiro atoms. The Balaban J connectivity index is 0.00000423. The van der Waals surface area contributed by atoms with E-state index >= 15 is 0 Å². The molecule has 2 aromatic rings. The SMILES string of the molecule is COc1cccc(OC)c1-c1cc(C(=O)N[C@@H](CCN2C(C)CCCC2C)CC(=O)NC2CCC2)nn1C1CCCC1.Cl. The number of carbonyl (C=O) groups is 2. The molecule has 2 amide bonds. The van der Waals surface area contributed by atoms with Gasteiger partial charge in [0.2, 0.25) is 5.91 Å². The number of aromatic nitrogens is 2. The number of hydrogen-bond acceptors (Lipinski definition) is 6. The number of rotatable bonds is 12. The summed E-state index contributed by atoms with van der Waals surface area (Å²) in [6.45, 7) is 5.43. The van der Waals surface area contributed by atoms with Gasteiger partial charge < -0.3 is 20.1 Å². The van der Waals surface area contributed by atoms with Crippen molar-refractivity contribution < 1.29 is 19.1 Å². The molecule has 2 N–H and O–H groups in total. The molecule has 5 rings (SSSR count). The lowest BCUT2D eigenvalue weighted by Gasteiger charge is -2.39. The second-order valence-corrected chi connectivity index (χ2v) is 12.6. The minimum absolute atomic E-state index is 0. The summed E-state index contributed by atoms with van der Waals surface area (Å²) in [4.78, 5) is 29.4. The molecule has 1 aromatic heterocycles. The normalized spacial score (nSPS) is 21.9. The topological polar surface area (TPSA) is 97.7 Å². The predicted octanol–water partition coefficient (Wildman–Crippen LogP) is 5.91. The standard InChI is InChI=1S/C33H49N5O4.ClH/c1-22-10-7-11-23(2)37(22)19-18-25(20-31(39)34-24-12-8-13-24)35-33(40)27-21-28(38(36-27)26-14-5-6-15-26)32-29(41-3)16-9-17-30(32)42-4;/h9,16-17,21-26H,5-8,10-15,18-20H2,1-4H3,(H,34,39)(H,35,40);1H/t22?,23?,25-;/m0./s1. The van der Waals surface area contributed by atoms with Gasteiger partial charge in [-0.15, -0.1) is 12.4 Å². The molecule has 0 radical (unpaired) electrons. The first-order chi connectivity index (χ1) is 20.4. The maximum atomic E-state index is 13.8. The van der Waals surface area contributed by atoms with Gasteiger partial charge in [-0.05, 0) is 83.4 Å². The molecule has 1 aromatic carbocycles. The molecular weight excluding hydrogens is 566 g/mol. The number of amides is 2. The van der Waals surface area contributed by atoms with Crippen molar-refractivity contribution >= 4 is 24.2 Å². The van der Waals surface area contributed by atoms with Crippen molar-refractivity contribution in [2.45, 2.75) is 121 Å². The van der Waals surface area contributed by atoms with Crippen LogP contribution < -0.4 is 20.1 Å². The fourth-order valence-electron chi connectivity index (χ4n) is 6.99. The minimum atomic E-state index is -0.278. The van der Waals surface area contributed by atoms with Crippen LogP contribution in [0.5, 0.6) is 11.5 Å². The second-order valence-electron chi connectivity index (χ2n) is 12.6. The van der Waals surface area contributed by atoms with Gasteiger partial charge in [0.1, 0.15) is 11.5 Å². The number of ether oxygens (including phenoxy) is 2. The quantitative estimate of drug-likeness (QED) is 0.308. The molecule has 3 aliphatic rings. The fourth-order valence-corrected chi connectivity index (χ4v) is 6.99. The zero-order valence-electron chi connectivity index (χ0n) is 26.3. The van der Waals surface area contributed by atoms with E-state index in [0.29, 0.717) is 29.3 Å². The Labute approximate surface area is 262 Å². The summed E-state index contributed by atoms with van der Waals surface area (Å²) in [7, 11) is 3.29. The van der Waals surface area contributed by atoms with Crippen molar-refractivity contribution in [1.82, 2.24) is 25.3 Å². The van der Waals surface area contributed by atoms with Gasteiger partial charge in [-0.2, -0.15) is 5.10 Å². The molecule has 1 saturated heterocycles. The fraction of sp³-hybridized carbons (Fsp3) is 0.667. The van der Waals surface area contributed by atoms with Gasteiger partial charge in [-0.1, -0.05) is 25.3 Å². The van der Waals surface area contributed by atoms with Crippen molar-refractivity contribution in [2.24, 2.45) is 0 Å².